The third-order valence-electron chi connectivity index (χ3n) is 2.11. The van der Waals surface area contributed by atoms with Crippen LogP contribution in [0.4, 0.5) is 0 Å². The summed E-state index contributed by atoms with van der Waals surface area (Å²) in [6, 6.07) is 10.2. The molecule has 0 bridgehead atoms. The summed E-state index contributed by atoms with van der Waals surface area (Å²) in [6.07, 6.45) is 0. The fraction of sp³-hybridized carbons (Fsp3) is 0.0833. The molecule has 0 atom stereocenters. The molecular formula is C12H9Cl2NO2. The van der Waals surface area contributed by atoms with Crippen LogP contribution in [0.3, 0.4) is 0 Å². The van der Waals surface area contributed by atoms with Crippen LogP contribution in [0.15, 0.2) is 36.4 Å². The highest BCUT2D eigenvalue weighted by molar-refractivity contribution is 6.30. The maximum absolute atomic E-state index is 8.95. The average molecular weight is 270 g/mol. The SMILES string of the molecule is OCc1ccc(Oc2ccc(Cl)cc2)nc1Cl. The van der Waals surface area contributed by atoms with Crippen LogP contribution in [-0.4, -0.2) is 10.1 Å². The number of pyridine rings is 1. The van der Waals surface area contributed by atoms with Gasteiger partial charge in [0.05, 0.1) is 6.61 Å². The Hall–Kier alpha value is -1.29. The zero-order valence-electron chi connectivity index (χ0n) is 8.73. The molecule has 0 saturated heterocycles. The summed E-state index contributed by atoms with van der Waals surface area (Å²) in [5.74, 6) is 0.990. The van der Waals surface area contributed by atoms with Crippen molar-refractivity contribution in [3.63, 3.8) is 0 Å². The predicted octanol–water partition coefficient (Wildman–Crippen LogP) is 3.67. The lowest BCUT2D eigenvalue weighted by molar-refractivity contribution is 0.281. The fourth-order valence-corrected chi connectivity index (χ4v) is 1.58. The first-order valence-corrected chi connectivity index (χ1v) is 5.64. The van der Waals surface area contributed by atoms with Gasteiger partial charge in [0.2, 0.25) is 5.88 Å². The second-order valence-corrected chi connectivity index (χ2v) is 4.11. The van der Waals surface area contributed by atoms with Gasteiger partial charge in [0.1, 0.15) is 10.9 Å². The first kappa shape index (κ1) is 12.2. The summed E-state index contributed by atoms with van der Waals surface area (Å²) in [5.41, 5.74) is 0.565. The lowest BCUT2D eigenvalue weighted by atomic mass is 10.3. The van der Waals surface area contributed by atoms with Crippen molar-refractivity contribution in [2.75, 3.05) is 0 Å². The number of nitrogens with zero attached hydrogens (tertiary/aromatic N) is 1. The van der Waals surface area contributed by atoms with Crippen LogP contribution in [-0.2, 0) is 6.61 Å². The van der Waals surface area contributed by atoms with Gasteiger partial charge in [-0.15, -0.1) is 0 Å². The molecule has 0 spiro atoms. The largest absolute Gasteiger partial charge is 0.439 e. The number of halogens is 2. The van der Waals surface area contributed by atoms with Crippen molar-refractivity contribution in [2.45, 2.75) is 6.61 Å². The molecule has 0 fully saturated rings. The maximum Gasteiger partial charge on any atom is 0.220 e. The molecule has 0 aliphatic rings. The standard InChI is InChI=1S/C12H9Cl2NO2/c13-9-2-4-10(5-3-9)17-11-6-1-8(7-16)12(14)15-11/h1-6,16H,7H2. The normalized spacial score (nSPS) is 10.3. The molecule has 0 saturated carbocycles. The molecule has 0 unspecified atom stereocenters. The van der Waals surface area contributed by atoms with Crippen molar-refractivity contribution in [2.24, 2.45) is 0 Å². The molecular weight excluding hydrogens is 261 g/mol. The Bertz CT molecular complexity index is 514. The minimum atomic E-state index is -0.146. The van der Waals surface area contributed by atoms with E-state index in [2.05, 4.69) is 4.98 Å². The zero-order chi connectivity index (χ0) is 12.3. The van der Waals surface area contributed by atoms with Crippen molar-refractivity contribution < 1.29 is 9.84 Å². The van der Waals surface area contributed by atoms with Gasteiger partial charge in [0, 0.05) is 16.7 Å². The first-order chi connectivity index (χ1) is 8.19. The Morgan fingerprint density at radius 3 is 2.35 bits per heavy atom. The number of aromatic nitrogens is 1. The molecule has 0 radical (unpaired) electrons. The van der Waals surface area contributed by atoms with Gasteiger partial charge in [-0.3, -0.25) is 0 Å². The topological polar surface area (TPSA) is 42.4 Å². The Labute approximate surface area is 109 Å². The van der Waals surface area contributed by atoms with Gasteiger partial charge in [-0.25, -0.2) is 4.98 Å². The van der Waals surface area contributed by atoms with Crippen LogP contribution in [0.1, 0.15) is 5.56 Å². The summed E-state index contributed by atoms with van der Waals surface area (Å²) in [6.45, 7) is -0.146. The fourth-order valence-electron chi connectivity index (χ4n) is 1.24. The maximum atomic E-state index is 8.95. The molecule has 1 aromatic heterocycles. The number of hydrogen-bond acceptors (Lipinski definition) is 3. The van der Waals surface area contributed by atoms with E-state index in [4.69, 9.17) is 33.0 Å². The summed E-state index contributed by atoms with van der Waals surface area (Å²) in [7, 11) is 0. The van der Waals surface area contributed by atoms with Gasteiger partial charge in [0.25, 0.3) is 0 Å². The van der Waals surface area contributed by atoms with E-state index in [1.807, 2.05) is 0 Å². The average Bonchev–Trinajstić information content (AvgIpc) is 2.32. The highest BCUT2D eigenvalue weighted by Gasteiger charge is 2.04. The number of ether oxygens (including phenoxy) is 1. The number of benzene rings is 1. The van der Waals surface area contributed by atoms with E-state index >= 15 is 0 Å². The minimum Gasteiger partial charge on any atom is -0.439 e. The van der Waals surface area contributed by atoms with Crippen LogP contribution >= 0.6 is 23.2 Å². The van der Waals surface area contributed by atoms with Gasteiger partial charge in [-0.1, -0.05) is 23.2 Å². The molecule has 88 valence electrons. The molecule has 0 amide bonds. The zero-order valence-corrected chi connectivity index (χ0v) is 10.2. The van der Waals surface area contributed by atoms with Crippen molar-refractivity contribution in [3.8, 4) is 11.6 Å². The molecule has 0 aliphatic heterocycles. The Morgan fingerprint density at radius 1 is 1.06 bits per heavy atom. The summed E-state index contributed by atoms with van der Waals surface area (Å²) in [5, 5.41) is 9.82. The molecule has 2 aromatic rings. The monoisotopic (exact) mass is 269 g/mol. The third kappa shape index (κ3) is 3.09. The molecule has 17 heavy (non-hydrogen) atoms. The Morgan fingerprint density at radius 2 is 1.76 bits per heavy atom. The van der Waals surface area contributed by atoms with Gasteiger partial charge < -0.3 is 9.84 Å². The predicted molar refractivity (Wildman–Crippen MR) is 66.7 cm³/mol. The lowest BCUT2D eigenvalue weighted by Gasteiger charge is -2.06. The van der Waals surface area contributed by atoms with E-state index in [-0.39, 0.29) is 11.8 Å². The second kappa shape index (κ2) is 5.36. The molecule has 1 heterocycles. The first-order valence-electron chi connectivity index (χ1n) is 4.89. The van der Waals surface area contributed by atoms with Crippen molar-refractivity contribution in [3.05, 3.63) is 52.1 Å². The van der Waals surface area contributed by atoms with Crippen LogP contribution in [0.5, 0.6) is 11.6 Å². The minimum absolute atomic E-state index is 0.146. The second-order valence-electron chi connectivity index (χ2n) is 3.31. The lowest BCUT2D eigenvalue weighted by Crippen LogP contribution is -1.92. The number of rotatable bonds is 3. The van der Waals surface area contributed by atoms with Crippen LogP contribution in [0, 0.1) is 0 Å². The van der Waals surface area contributed by atoms with Gasteiger partial charge in [-0.2, -0.15) is 0 Å². The van der Waals surface area contributed by atoms with E-state index in [9.17, 15) is 0 Å². The molecule has 1 N–H and O–H groups in total. The quantitative estimate of drug-likeness (QED) is 0.865. The smallest absolute Gasteiger partial charge is 0.220 e. The van der Waals surface area contributed by atoms with E-state index in [1.165, 1.54) is 0 Å². The highest BCUT2D eigenvalue weighted by Crippen LogP contribution is 2.24. The third-order valence-corrected chi connectivity index (χ3v) is 2.69. The van der Waals surface area contributed by atoms with E-state index in [0.29, 0.717) is 22.2 Å². The number of aliphatic hydroxyl groups excluding tert-OH is 1. The molecule has 2 rings (SSSR count). The van der Waals surface area contributed by atoms with E-state index in [1.54, 1.807) is 36.4 Å². The van der Waals surface area contributed by atoms with Crippen LogP contribution < -0.4 is 4.74 Å². The molecule has 5 heteroatoms. The van der Waals surface area contributed by atoms with Crippen molar-refractivity contribution in [1.29, 1.82) is 0 Å². The van der Waals surface area contributed by atoms with Crippen LogP contribution in [0.2, 0.25) is 10.2 Å². The van der Waals surface area contributed by atoms with Crippen molar-refractivity contribution >= 4 is 23.2 Å². The highest BCUT2D eigenvalue weighted by atomic mass is 35.5. The Kier molecular flexibility index (Phi) is 3.84. The number of aliphatic hydroxyl groups is 1. The van der Waals surface area contributed by atoms with Gasteiger partial charge >= 0.3 is 0 Å². The molecule has 0 aliphatic carbocycles. The molecule has 3 nitrogen and oxygen atoms in total. The van der Waals surface area contributed by atoms with E-state index in [0.717, 1.165) is 0 Å². The van der Waals surface area contributed by atoms with Gasteiger partial charge in [-0.05, 0) is 30.3 Å². The summed E-state index contributed by atoms with van der Waals surface area (Å²) < 4.78 is 5.48. The summed E-state index contributed by atoms with van der Waals surface area (Å²) >= 11 is 11.6. The Balaban J connectivity index is 2.19. The van der Waals surface area contributed by atoms with E-state index < -0.39 is 0 Å². The number of hydrogen-bond donors (Lipinski definition) is 1. The molecule has 1 aromatic carbocycles. The summed E-state index contributed by atoms with van der Waals surface area (Å²) in [4.78, 5) is 4.01. The van der Waals surface area contributed by atoms with Crippen molar-refractivity contribution in [1.82, 2.24) is 4.98 Å². The van der Waals surface area contributed by atoms with Crippen LogP contribution in [0.25, 0.3) is 0 Å². The van der Waals surface area contributed by atoms with Gasteiger partial charge in [0.15, 0.2) is 0 Å².